The molecule has 2 aromatic heterocycles. The van der Waals surface area contributed by atoms with Crippen LogP contribution in [0.15, 0.2) is 29.0 Å². The largest absolute Gasteiger partial charge is 0.374 e. The Labute approximate surface area is 141 Å². The minimum absolute atomic E-state index is 0. The Morgan fingerprint density at radius 2 is 2.39 bits per heavy atom. The maximum absolute atomic E-state index is 5.36. The summed E-state index contributed by atoms with van der Waals surface area (Å²) in [7, 11) is 1.63. The highest BCUT2D eigenvalue weighted by atomic mass is 35.5. The highest BCUT2D eigenvalue weighted by Gasteiger charge is 2.26. The van der Waals surface area contributed by atoms with Crippen molar-refractivity contribution in [3.63, 3.8) is 0 Å². The lowest BCUT2D eigenvalue weighted by Crippen LogP contribution is -2.45. The van der Waals surface area contributed by atoms with Crippen molar-refractivity contribution in [1.29, 1.82) is 0 Å². The second-order valence-electron chi connectivity index (χ2n) is 5.40. The molecule has 2 aromatic rings. The van der Waals surface area contributed by atoms with Gasteiger partial charge in [0.2, 0.25) is 5.89 Å². The molecule has 0 aromatic carbocycles. The zero-order chi connectivity index (χ0) is 15.4. The average molecular weight is 340 g/mol. The molecule has 0 amide bonds. The van der Waals surface area contributed by atoms with Crippen LogP contribution in [-0.2, 0) is 11.3 Å². The zero-order valence-electron chi connectivity index (χ0n) is 13.3. The lowest BCUT2D eigenvalue weighted by atomic mass is 10.1. The van der Waals surface area contributed by atoms with Crippen molar-refractivity contribution < 1.29 is 9.26 Å². The molecule has 1 N–H and O–H groups in total. The van der Waals surface area contributed by atoms with Crippen LogP contribution in [0.5, 0.6) is 0 Å². The molecule has 126 valence electrons. The Bertz CT molecular complexity index is 595. The first-order chi connectivity index (χ1) is 10.8. The molecule has 0 aliphatic carbocycles. The fourth-order valence-corrected chi connectivity index (χ4v) is 2.61. The molecule has 0 saturated carbocycles. The van der Waals surface area contributed by atoms with E-state index in [2.05, 4.69) is 31.4 Å². The fraction of sp³-hybridized carbons (Fsp3) is 0.533. The third kappa shape index (κ3) is 4.26. The Morgan fingerprint density at radius 3 is 3.13 bits per heavy atom. The van der Waals surface area contributed by atoms with Gasteiger partial charge in [-0.25, -0.2) is 0 Å². The summed E-state index contributed by atoms with van der Waals surface area (Å²) in [6.07, 6.45) is 3.55. The highest BCUT2D eigenvalue weighted by molar-refractivity contribution is 5.85. The summed E-state index contributed by atoms with van der Waals surface area (Å²) in [5.41, 5.74) is 1.19. The van der Waals surface area contributed by atoms with Crippen LogP contribution in [-0.4, -0.2) is 46.8 Å². The Morgan fingerprint density at radius 1 is 1.52 bits per heavy atom. The predicted octanol–water partition coefficient (Wildman–Crippen LogP) is 1.74. The van der Waals surface area contributed by atoms with E-state index >= 15 is 0 Å². The van der Waals surface area contributed by atoms with Crippen LogP contribution in [0, 0.1) is 0 Å². The third-order valence-electron chi connectivity index (χ3n) is 3.96. The maximum Gasteiger partial charge on any atom is 0.240 e. The second kappa shape index (κ2) is 8.35. The first kappa shape index (κ1) is 17.8. The van der Waals surface area contributed by atoms with Gasteiger partial charge >= 0.3 is 0 Å². The Balaban J connectivity index is 0.00000192. The van der Waals surface area contributed by atoms with Gasteiger partial charge in [0.1, 0.15) is 6.10 Å². The van der Waals surface area contributed by atoms with Gasteiger partial charge in [0.25, 0.3) is 0 Å². The Kier molecular flexibility index (Phi) is 6.47. The zero-order valence-corrected chi connectivity index (χ0v) is 14.1. The van der Waals surface area contributed by atoms with Crippen LogP contribution in [0.3, 0.4) is 0 Å². The number of pyridine rings is 1. The number of nitrogens with zero attached hydrogens (tertiary/aromatic N) is 4. The molecular weight excluding hydrogens is 318 g/mol. The lowest BCUT2D eigenvalue weighted by Gasteiger charge is -2.35. The number of piperazine rings is 1. The van der Waals surface area contributed by atoms with Gasteiger partial charge in [-0.05, 0) is 18.6 Å². The van der Waals surface area contributed by atoms with Crippen LogP contribution < -0.4 is 5.32 Å². The SMILES string of the molecule is COC(C)c1noc(CN2CCNCC2c2cccnc2)n1.Cl. The number of hydrogen-bond acceptors (Lipinski definition) is 7. The van der Waals surface area contributed by atoms with Crippen LogP contribution in [0.1, 0.15) is 36.3 Å². The van der Waals surface area contributed by atoms with E-state index in [4.69, 9.17) is 9.26 Å². The van der Waals surface area contributed by atoms with E-state index in [0.29, 0.717) is 18.3 Å². The summed E-state index contributed by atoms with van der Waals surface area (Å²) < 4.78 is 10.6. The van der Waals surface area contributed by atoms with Gasteiger partial charge in [0, 0.05) is 45.2 Å². The van der Waals surface area contributed by atoms with Crippen molar-refractivity contribution in [3.8, 4) is 0 Å². The molecule has 0 radical (unpaired) electrons. The van der Waals surface area contributed by atoms with Crippen molar-refractivity contribution in [2.24, 2.45) is 0 Å². The quantitative estimate of drug-likeness (QED) is 0.889. The third-order valence-corrected chi connectivity index (χ3v) is 3.96. The lowest BCUT2D eigenvalue weighted by molar-refractivity contribution is 0.109. The van der Waals surface area contributed by atoms with Crippen molar-refractivity contribution in [3.05, 3.63) is 41.8 Å². The number of rotatable bonds is 5. The summed E-state index contributed by atoms with van der Waals surface area (Å²) in [5, 5.41) is 7.41. The maximum atomic E-state index is 5.36. The number of halogens is 1. The van der Waals surface area contributed by atoms with Gasteiger partial charge < -0.3 is 14.6 Å². The van der Waals surface area contributed by atoms with E-state index in [-0.39, 0.29) is 24.6 Å². The summed E-state index contributed by atoms with van der Waals surface area (Å²) in [4.78, 5) is 11.0. The number of aromatic nitrogens is 3. The number of hydrogen-bond donors (Lipinski definition) is 1. The monoisotopic (exact) mass is 339 g/mol. The van der Waals surface area contributed by atoms with Crippen molar-refractivity contribution in [1.82, 2.24) is 25.3 Å². The van der Waals surface area contributed by atoms with Gasteiger partial charge in [-0.1, -0.05) is 11.2 Å². The Hall–Kier alpha value is -1.54. The van der Waals surface area contributed by atoms with E-state index in [1.54, 1.807) is 13.3 Å². The van der Waals surface area contributed by atoms with Crippen LogP contribution in [0.4, 0.5) is 0 Å². The molecule has 0 spiro atoms. The molecule has 23 heavy (non-hydrogen) atoms. The summed E-state index contributed by atoms with van der Waals surface area (Å²) in [6, 6.07) is 4.33. The molecule has 2 unspecified atom stereocenters. The molecule has 0 bridgehead atoms. The predicted molar refractivity (Wildman–Crippen MR) is 87.2 cm³/mol. The molecule has 1 saturated heterocycles. The van der Waals surface area contributed by atoms with Crippen molar-refractivity contribution in [2.45, 2.75) is 25.6 Å². The van der Waals surface area contributed by atoms with E-state index in [1.165, 1.54) is 5.56 Å². The molecule has 1 aliphatic heterocycles. The van der Waals surface area contributed by atoms with Gasteiger partial charge in [-0.2, -0.15) is 4.98 Å². The number of nitrogens with one attached hydrogen (secondary N) is 1. The molecule has 2 atom stereocenters. The standard InChI is InChI=1S/C15H21N5O2.ClH/c1-11(21-2)15-18-14(22-19-15)10-20-7-6-17-9-13(20)12-4-3-5-16-8-12;/h3-5,8,11,13,17H,6-7,9-10H2,1-2H3;1H. The number of methoxy groups -OCH3 is 1. The van der Waals surface area contributed by atoms with Gasteiger partial charge in [-0.15, -0.1) is 12.4 Å². The number of ether oxygens (including phenoxy) is 1. The normalized spacial score (nSPS) is 20.0. The van der Waals surface area contributed by atoms with Gasteiger partial charge in [-0.3, -0.25) is 9.88 Å². The van der Waals surface area contributed by atoms with E-state index in [1.807, 2.05) is 19.2 Å². The first-order valence-corrected chi connectivity index (χ1v) is 7.48. The summed E-state index contributed by atoms with van der Waals surface area (Å²) in [6.45, 7) is 5.30. The first-order valence-electron chi connectivity index (χ1n) is 7.48. The van der Waals surface area contributed by atoms with Gasteiger partial charge in [0.15, 0.2) is 5.82 Å². The summed E-state index contributed by atoms with van der Waals surface area (Å²) >= 11 is 0. The molecule has 3 heterocycles. The molecular formula is C15H22ClN5O2. The molecule has 8 heteroatoms. The van der Waals surface area contributed by atoms with Gasteiger partial charge in [0.05, 0.1) is 6.54 Å². The summed E-state index contributed by atoms with van der Waals surface area (Å²) in [5.74, 6) is 1.21. The average Bonchev–Trinajstić information content (AvgIpc) is 3.04. The highest BCUT2D eigenvalue weighted by Crippen LogP contribution is 2.23. The minimum Gasteiger partial charge on any atom is -0.374 e. The van der Waals surface area contributed by atoms with E-state index in [0.717, 1.165) is 19.6 Å². The second-order valence-corrected chi connectivity index (χ2v) is 5.40. The van der Waals surface area contributed by atoms with Crippen LogP contribution in [0.25, 0.3) is 0 Å². The molecule has 7 nitrogen and oxygen atoms in total. The topological polar surface area (TPSA) is 76.3 Å². The van der Waals surface area contributed by atoms with Crippen LogP contribution in [0.2, 0.25) is 0 Å². The molecule has 1 fully saturated rings. The molecule has 3 rings (SSSR count). The van der Waals surface area contributed by atoms with E-state index in [9.17, 15) is 0 Å². The molecule has 1 aliphatic rings. The minimum atomic E-state index is -0.158. The smallest absolute Gasteiger partial charge is 0.240 e. The van der Waals surface area contributed by atoms with Crippen molar-refractivity contribution in [2.75, 3.05) is 26.7 Å². The van der Waals surface area contributed by atoms with Crippen molar-refractivity contribution >= 4 is 12.4 Å². The fourth-order valence-electron chi connectivity index (χ4n) is 2.61. The van der Waals surface area contributed by atoms with E-state index < -0.39 is 0 Å². The van der Waals surface area contributed by atoms with Crippen LogP contribution >= 0.6 is 12.4 Å².